The lowest BCUT2D eigenvalue weighted by molar-refractivity contribution is -0.117. The maximum atomic E-state index is 12.1. The number of hydrogen-bond donors (Lipinski definition) is 2. The quantitative estimate of drug-likeness (QED) is 0.839. The summed E-state index contributed by atoms with van der Waals surface area (Å²) in [6, 6.07) is 7.99. The second-order valence-electron chi connectivity index (χ2n) is 6.14. The van der Waals surface area contributed by atoms with E-state index >= 15 is 0 Å². The van der Waals surface area contributed by atoms with E-state index in [1.165, 1.54) is 11.3 Å². The van der Waals surface area contributed by atoms with Crippen LogP contribution in [0, 0.1) is 5.92 Å². The van der Waals surface area contributed by atoms with Gasteiger partial charge in [0.1, 0.15) is 10.8 Å². The number of methoxy groups -OCH3 is 1. The Kier molecular flexibility index (Phi) is 5.42. The van der Waals surface area contributed by atoms with E-state index in [2.05, 4.69) is 15.5 Å². The second-order valence-corrected chi connectivity index (χ2v) is 7.20. The lowest BCUT2D eigenvalue weighted by Crippen LogP contribution is -2.28. The van der Waals surface area contributed by atoms with E-state index in [9.17, 15) is 4.79 Å². The fraction of sp³-hybridized carbons (Fsp3) is 0.471. The van der Waals surface area contributed by atoms with Gasteiger partial charge in [-0.15, -0.1) is 10.2 Å². The Morgan fingerprint density at radius 2 is 2.29 bits per heavy atom. The molecule has 3 rings (SSSR count). The first-order chi connectivity index (χ1) is 11.6. The molecule has 1 aromatic heterocycles. The second kappa shape index (κ2) is 7.72. The number of hydrogen-bond acceptors (Lipinski definition) is 6. The Morgan fingerprint density at radius 1 is 1.42 bits per heavy atom. The molecule has 0 unspecified atom stereocenters. The first-order valence-corrected chi connectivity index (χ1v) is 8.96. The lowest BCUT2D eigenvalue weighted by Gasteiger charge is -2.13. The van der Waals surface area contributed by atoms with Crippen molar-refractivity contribution >= 4 is 22.4 Å². The predicted octanol–water partition coefficient (Wildman–Crippen LogP) is 2.59. The van der Waals surface area contributed by atoms with Crippen LogP contribution in [-0.4, -0.2) is 29.3 Å². The van der Waals surface area contributed by atoms with Crippen LogP contribution < -0.4 is 15.8 Å². The number of nitrogens with zero attached hydrogens (tertiary/aromatic N) is 2. The summed E-state index contributed by atoms with van der Waals surface area (Å²) in [6.45, 7) is 0. The number of nitrogens with two attached hydrogens (primary N) is 1. The SMILES string of the molecule is COc1cccc(Cc2nnc(NC(=O)C[C@@H]3CCC[C@H]3N)s2)c1. The molecule has 0 spiro atoms. The number of benzene rings is 1. The van der Waals surface area contributed by atoms with Gasteiger partial charge in [0.05, 0.1) is 7.11 Å². The van der Waals surface area contributed by atoms with Crippen LogP contribution in [0.4, 0.5) is 5.13 Å². The number of ether oxygens (including phenoxy) is 1. The highest BCUT2D eigenvalue weighted by atomic mass is 32.1. The van der Waals surface area contributed by atoms with Crippen LogP contribution in [0.15, 0.2) is 24.3 Å². The van der Waals surface area contributed by atoms with Crippen LogP contribution >= 0.6 is 11.3 Å². The van der Waals surface area contributed by atoms with Gasteiger partial charge in [-0.2, -0.15) is 0 Å². The van der Waals surface area contributed by atoms with Gasteiger partial charge < -0.3 is 15.8 Å². The van der Waals surface area contributed by atoms with Gasteiger partial charge in [0.25, 0.3) is 0 Å². The van der Waals surface area contributed by atoms with Gasteiger partial charge >= 0.3 is 0 Å². The van der Waals surface area contributed by atoms with Gasteiger partial charge in [-0.1, -0.05) is 29.9 Å². The normalized spacial score (nSPS) is 20.1. The maximum absolute atomic E-state index is 12.1. The summed E-state index contributed by atoms with van der Waals surface area (Å²) in [5.74, 6) is 1.08. The molecular weight excluding hydrogens is 324 g/mol. The number of carbonyl (C=O) groups is 1. The van der Waals surface area contributed by atoms with Crippen molar-refractivity contribution in [3.05, 3.63) is 34.8 Å². The molecule has 128 valence electrons. The minimum absolute atomic E-state index is 0.0265. The van der Waals surface area contributed by atoms with Crippen molar-refractivity contribution in [3.63, 3.8) is 0 Å². The fourth-order valence-electron chi connectivity index (χ4n) is 3.06. The molecule has 1 fully saturated rings. The number of rotatable bonds is 6. The third kappa shape index (κ3) is 4.30. The van der Waals surface area contributed by atoms with Crippen molar-refractivity contribution in [3.8, 4) is 5.75 Å². The number of amides is 1. The van der Waals surface area contributed by atoms with E-state index in [1.807, 2.05) is 24.3 Å². The first-order valence-electron chi connectivity index (χ1n) is 8.15. The summed E-state index contributed by atoms with van der Waals surface area (Å²) in [6.07, 6.45) is 4.29. The molecule has 1 amide bonds. The van der Waals surface area contributed by atoms with E-state index in [0.717, 1.165) is 35.6 Å². The predicted molar refractivity (Wildman–Crippen MR) is 94.3 cm³/mol. The topological polar surface area (TPSA) is 90.1 Å². The number of aromatic nitrogens is 2. The van der Waals surface area contributed by atoms with Gasteiger partial charge in [-0.25, -0.2) is 0 Å². The molecule has 24 heavy (non-hydrogen) atoms. The minimum atomic E-state index is -0.0265. The summed E-state index contributed by atoms with van der Waals surface area (Å²) in [7, 11) is 1.65. The fourth-order valence-corrected chi connectivity index (χ4v) is 3.85. The van der Waals surface area contributed by atoms with Crippen molar-refractivity contribution in [1.29, 1.82) is 0 Å². The van der Waals surface area contributed by atoms with E-state index in [0.29, 0.717) is 18.0 Å². The highest BCUT2D eigenvalue weighted by Crippen LogP contribution is 2.27. The van der Waals surface area contributed by atoms with E-state index in [-0.39, 0.29) is 17.9 Å². The Balaban J connectivity index is 1.55. The summed E-state index contributed by atoms with van der Waals surface area (Å²) in [5, 5.41) is 12.5. The van der Waals surface area contributed by atoms with Crippen molar-refractivity contribution in [2.75, 3.05) is 12.4 Å². The van der Waals surface area contributed by atoms with Gasteiger partial charge in [-0.3, -0.25) is 4.79 Å². The Hall–Kier alpha value is -1.99. The summed E-state index contributed by atoms with van der Waals surface area (Å²) < 4.78 is 5.22. The van der Waals surface area contributed by atoms with E-state index in [4.69, 9.17) is 10.5 Å². The Labute approximate surface area is 145 Å². The van der Waals surface area contributed by atoms with Crippen molar-refractivity contribution < 1.29 is 9.53 Å². The third-order valence-corrected chi connectivity index (χ3v) is 5.21. The molecule has 0 saturated heterocycles. The summed E-state index contributed by atoms with van der Waals surface area (Å²) in [5.41, 5.74) is 7.12. The van der Waals surface area contributed by atoms with Crippen LogP contribution in [0.1, 0.15) is 36.3 Å². The molecule has 2 aromatic rings. The van der Waals surface area contributed by atoms with Crippen molar-refractivity contribution in [2.24, 2.45) is 11.7 Å². The monoisotopic (exact) mass is 346 g/mol. The molecule has 7 heteroatoms. The molecular formula is C17H22N4O2S. The zero-order valence-electron chi connectivity index (χ0n) is 13.7. The minimum Gasteiger partial charge on any atom is -0.497 e. The van der Waals surface area contributed by atoms with Crippen molar-refractivity contribution in [1.82, 2.24) is 10.2 Å². The summed E-state index contributed by atoms with van der Waals surface area (Å²) in [4.78, 5) is 12.1. The molecule has 1 aromatic carbocycles. The molecule has 0 radical (unpaired) electrons. The molecule has 1 saturated carbocycles. The van der Waals surface area contributed by atoms with E-state index < -0.39 is 0 Å². The number of anilines is 1. The lowest BCUT2D eigenvalue weighted by atomic mass is 10.00. The van der Waals surface area contributed by atoms with Gasteiger partial charge in [0, 0.05) is 18.9 Å². The average Bonchev–Trinajstić information content (AvgIpc) is 3.17. The zero-order valence-corrected chi connectivity index (χ0v) is 14.5. The Morgan fingerprint density at radius 3 is 3.04 bits per heavy atom. The smallest absolute Gasteiger partial charge is 0.226 e. The van der Waals surface area contributed by atoms with Gasteiger partial charge in [0.15, 0.2) is 0 Å². The highest BCUT2D eigenvalue weighted by molar-refractivity contribution is 7.15. The number of carbonyl (C=O) groups excluding carboxylic acids is 1. The van der Waals surface area contributed by atoms with Crippen LogP contribution in [0.5, 0.6) is 5.75 Å². The Bertz CT molecular complexity index is 703. The van der Waals surface area contributed by atoms with Crippen LogP contribution in [0.2, 0.25) is 0 Å². The average molecular weight is 346 g/mol. The largest absolute Gasteiger partial charge is 0.497 e. The van der Waals surface area contributed by atoms with Gasteiger partial charge in [0.2, 0.25) is 11.0 Å². The van der Waals surface area contributed by atoms with Crippen molar-refractivity contribution in [2.45, 2.75) is 38.1 Å². The molecule has 2 atom stereocenters. The molecule has 0 bridgehead atoms. The van der Waals surface area contributed by atoms with Crippen LogP contribution in [0.25, 0.3) is 0 Å². The van der Waals surface area contributed by atoms with Crippen LogP contribution in [0.3, 0.4) is 0 Å². The molecule has 3 N–H and O–H groups in total. The first kappa shape index (κ1) is 16.9. The van der Waals surface area contributed by atoms with Gasteiger partial charge in [-0.05, 0) is 36.5 Å². The molecule has 0 aliphatic heterocycles. The zero-order chi connectivity index (χ0) is 16.9. The molecule has 1 aliphatic carbocycles. The highest BCUT2D eigenvalue weighted by Gasteiger charge is 2.26. The summed E-state index contributed by atoms with van der Waals surface area (Å²) >= 11 is 1.40. The standard InChI is InChI=1S/C17H22N4O2S/c1-23-13-6-2-4-11(8-13)9-16-20-21-17(24-16)19-15(22)10-12-5-3-7-14(12)18/h2,4,6,8,12,14H,3,5,7,9-10,18H2,1H3,(H,19,21,22)/t12-,14+/m0/s1. The van der Waals surface area contributed by atoms with E-state index in [1.54, 1.807) is 7.11 Å². The van der Waals surface area contributed by atoms with Crippen LogP contribution in [-0.2, 0) is 11.2 Å². The molecule has 6 nitrogen and oxygen atoms in total. The third-order valence-electron chi connectivity index (χ3n) is 4.37. The maximum Gasteiger partial charge on any atom is 0.226 e. The number of nitrogens with one attached hydrogen (secondary N) is 1. The molecule has 1 aliphatic rings. The molecule has 1 heterocycles.